The van der Waals surface area contributed by atoms with Gasteiger partial charge in [-0.1, -0.05) is 16.8 Å². The number of aromatic nitrogens is 6. The Bertz CT molecular complexity index is 1410. The minimum Gasteiger partial charge on any atom is -0.394 e. The van der Waals surface area contributed by atoms with Crippen molar-refractivity contribution in [3.05, 3.63) is 71.2 Å². The normalized spacial score (nSPS) is 23.9. The highest BCUT2D eigenvalue weighted by Gasteiger charge is 2.48. The highest BCUT2D eigenvalue weighted by Crippen LogP contribution is 2.38. The monoisotopic (exact) mass is 554 g/mol. The molecule has 0 radical (unpaired) electrons. The molecular weight excluding hydrogens is 537 g/mol. The van der Waals surface area contributed by atoms with Crippen LogP contribution in [0.2, 0.25) is 5.02 Å². The molecule has 194 valence electrons. The predicted molar refractivity (Wildman–Crippen MR) is 125 cm³/mol. The Labute approximate surface area is 217 Å². The Kier molecular flexibility index (Phi) is 6.95. The third-order valence-electron chi connectivity index (χ3n) is 5.96. The number of nitrogens with zero attached hydrogens (tertiary/aromatic N) is 6. The summed E-state index contributed by atoms with van der Waals surface area (Å²) in [6.45, 7) is -0.622. The largest absolute Gasteiger partial charge is 0.394 e. The molecule has 1 saturated heterocycles. The molecule has 15 heteroatoms. The summed E-state index contributed by atoms with van der Waals surface area (Å²) in [5.41, 5.74) is 0.348. The van der Waals surface area contributed by atoms with Crippen molar-refractivity contribution in [3.63, 3.8) is 0 Å². The van der Waals surface area contributed by atoms with Crippen molar-refractivity contribution in [2.45, 2.75) is 35.4 Å². The second-order valence-electron chi connectivity index (χ2n) is 8.31. The topological polar surface area (TPSA) is 131 Å². The molecule has 37 heavy (non-hydrogen) atoms. The van der Waals surface area contributed by atoms with Gasteiger partial charge in [0.15, 0.2) is 23.3 Å². The van der Waals surface area contributed by atoms with Crippen LogP contribution in [0.3, 0.4) is 0 Å². The maximum absolute atomic E-state index is 13.7. The van der Waals surface area contributed by atoms with Gasteiger partial charge in [-0.2, -0.15) is 0 Å². The zero-order chi connectivity index (χ0) is 26.4. The summed E-state index contributed by atoms with van der Waals surface area (Å²) < 4.78 is 49.2. The molecule has 0 spiro atoms. The molecule has 0 bridgehead atoms. The van der Waals surface area contributed by atoms with E-state index < -0.39 is 54.5 Å². The third kappa shape index (κ3) is 4.71. The van der Waals surface area contributed by atoms with Gasteiger partial charge >= 0.3 is 0 Å². The molecule has 0 amide bonds. The molecule has 0 unspecified atom stereocenters. The molecule has 0 saturated carbocycles. The molecule has 3 heterocycles. The lowest BCUT2D eigenvalue weighted by Crippen LogP contribution is -2.53. The Morgan fingerprint density at radius 1 is 1.03 bits per heavy atom. The molecule has 5 rings (SSSR count). The molecule has 1 aliphatic rings. The van der Waals surface area contributed by atoms with Gasteiger partial charge < -0.3 is 20.1 Å². The van der Waals surface area contributed by atoms with Crippen LogP contribution in [-0.2, 0) is 4.74 Å². The van der Waals surface area contributed by atoms with Gasteiger partial charge in [0, 0.05) is 15.5 Å². The number of aliphatic hydroxyl groups excluding tert-OH is 3. The van der Waals surface area contributed by atoms with E-state index in [1.807, 2.05) is 0 Å². The van der Waals surface area contributed by atoms with Crippen LogP contribution in [-0.4, -0.2) is 70.0 Å². The average Bonchev–Trinajstić information content (AvgIpc) is 3.52. The van der Waals surface area contributed by atoms with Crippen LogP contribution in [0.4, 0.5) is 13.2 Å². The minimum atomic E-state index is -1.63. The summed E-state index contributed by atoms with van der Waals surface area (Å²) in [6.07, 6.45) is -2.80. The molecule has 4 aromatic rings. The summed E-state index contributed by atoms with van der Waals surface area (Å²) in [7, 11) is 0. The van der Waals surface area contributed by atoms with Gasteiger partial charge in [0.05, 0.1) is 18.5 Å². The number of ether oxygens (including phenoxy) is 1. The fourth-order valence-corrected chi connectivity index (χ4v) is 4.80. The van der Waals surface area contributed by atoms with Gasteiger partial charge in [-0.25, -0.2) is 17.9 Å². The second-order valence-corrected chi connectivity index (χ2v) is 9.27. The molecule has 1 aliphatic heterocycles. The van der Waals surface area contributed by atoms with Crippen molar-refractivity contribution in [3.8, 4) is 16.9 Å². The summed E-state index contributed by atoms with van der Waals surface area (Å²) in [4.78, 5) is 0.553. The van der Waals surface area contributed by atoms with Crippen molar-refractivity contribution < 1.29 is 33.2 Å². The van der Waals surface area contributed by atoms with Crippen LogP contribution in [0.15, 0.2) is 47.8 Å². The lowest BCUT2D eigenvalue weighted by atomic mass is 9.92. The number of aliphatic hydroxyl groups is 3. The highest BCUT2D eigenvalue weighted by atomic mass is 35.5. The van der Waals surface area contributed by atoms with Crippen molar-refractivity contribution in [2.75, 3.05) is 6.61 Å². The SMILES string of the molecule is OC[C@H]1O[C@@H](c2nncn2-c2cc(S)cc(Cl)c2)[C@H](O)[C@@H](n2cc(-c3cc(F)c(F)c(F)c3)nn2)[C@H]1O. The first kappa shape index (κ1) is 25.6. The third-order valence-corrected chi connectivity index (χ3v) is 6.44. The van der Waals surface area contributed by atoms with E-state index in [2.05, 4.69) is 33.1 Å². The fraction of sp³-hybridized carbons (Fsp3) is 0.273. The maximum Gasteiger partial charge on any atom is 0.194 e. The summed E-state index contributed by atoms with van der Waals surface area (Å²) in [5.74, 6) is -4.34. The first-order valence-electron chi connectivity index (χ1n) is 10.8. The van der Waals surface area contributed by atoms with E-state index in [1.165, 1.54) is 17.1 Å². The van der Waals surface area contributed by atoms with Crippen LogP contribution < -0.4 is 0 Å². The van der Waals surface area contributed by atoms with E-state index in [4.69, 9.17) is 16.3 Å². The number of thiol groups is 1. The van der Waals surface area contributed by atoms with Gasteiger partial charge in [-0.15, -0.1) is 27.9 Å². The lowest BCUT2D eigenvalue weighted by Gasteiger charge is -2.41. The van der Waals surface area contributed by atoms with Crippen LogP contribution in [0, 0.1) is 17.5 Å². The van der Waals surface area contributed by atoms with Crippen LogP contribution in [0.1, 0.15) is 18.0 Å². The van der Waals surface area contributed by atoms with Crippen molar-refractivity contribution in [1.82, 2.24) is 29.8 Å². The summed E-state index contributed by atoms with van der Waals surface area (Å²) in [5, 5.41) is 48.1. The molecule has 2 aromatic heterocycles. The van der Waals surface area contributed by atoms with Crippen LogP contribution in [0.25, 0.3) is 16.9 Å². The number of halogens is 4. The zero-order valence-corrected chi connectivity index (χ0v) is 20.2. The first-order chi connectivity index (χ1) is 17.7. The molecular formula is C22H18ClF3N6O4S. The van der Waals surface area contributed by atoms with Gasteiger partial charge in [0.1, 0.15) is 42.5 Å². The second kappa shape index (κ2) is 10.0. The Balaban J connectivity index is 1.52. The van der Waals surface area contributed by atoms with Gasteiger partial charge in [0.25, 0.3) is 0 Å². The number of rotatable bonds is 5. The quantitative estimate of drug-likeness (QED) is 0.218. The van der Waals surface area contributed by atoms with E-state index in [0.29, 0.717) is 15.6 Å². The van der Waals surface area contributed by atoms with E-state index in [9.17, 15) is 28.5 Å². The van der Waals surface area contributed by atoms with Gasteiger partial charge in [-0.05, 0) is 30.3 Å². The Morgan fingerprint density at radius 3 is 2.43 bits per heavy atom. The summed E-state index contributed by atoms with van der Waals surface area (Å²) >= 11 is 10.5. The van der Waals surface area contributed by atoms with Gasteiger partial charge in [-0.3, -0.25) is 4.57 Å². The molecule has 1 fully saturated rings. The Morgan fingerprint density at radius 2 is 1.76 bits per heavy atom. The highest BCUT2D eigenvalue weighted by molar-refractivity contribution is 7.80. The molecule has 5 atom stereocenters. The average molecular weight is 555 g/mol. The van der Waals surface area contributed by atoms with E-state index in [-0.39, 0.29) is 17.1 Å². The van der Waals surface area contributed by atoms with E-state index in [1.54, 1.807) is 18.2 Å². The molecule has 0 aliphatic carbocycles. The molecule has 10 nitrogen and oxygen atoms in total. The Hall–Kier alpha value is -3.01. The lowest BCUT2D eigenvalue weighted by molar-refractivity contribution is -0.210. The predicted octanol–water partition coefficient (Wildman–Crippen LogP) is 2.28. The van der Waals surface area contributed by atoms with E-state index >= 15 is 0 Å². The molecule has 3 N–H and O–H groups in total. The standard InChI is InChI=1S/C22H18ClF3N6O4S/c23-10-3-11(5-12(37)4-10)31-8-27-29-22(31)21-20(35)18(19(34)16(7-33)36-21)32-6-15(28-30-32)9-1-13(24)17(26)14(25)2-9/h1-6,8,16,18-21,33-35,37H,7H2/t16-,18+,19+,20-,21-/m1/s1. The van der Waals surface area contributed by atoms with Gasteiger partial charge in [0.2, 0.25) is 0 Å². The smallest absolute Gasteiger partial charge is 0.194 e. The zero-order valence-electron chi connectivity index (χ0n) is 18.5. The van der Waals surface area contributed by atoms with Crippen molar-refractivity contribution >= 4 is 24.2 Å². The molecule has 2 aromatic carbocycles. The van der Waals surface area contributed by atoms with Crippen LogP contribution in [0.5, 0.6) is 0 Å². The van der Waals surface area contributed by atoms with Crippen LogP contribution >= 0.6 is 24.2 Å². The minimum absolute atomic E-state index is 0.0517. The maximum atomic E-state index is 13.7. The fourth-order valence-electron chi connectivity index (χ4n) is 4.22. The number of hydrogen-bond acceptors (Lipinski definition) is 9. The van der Waals surface area contributed by atoms with Crippen molar-refractivity contribution in [2.24, 2.45) is 0 Å². The number of hydrogen-bond donors (Lipinski definition) is 4. The number of benzene rings is 2. The summed E-state index contributed by atoms with van der Waals surface area (Å²) in [6, 6.07) is 5.16. The van der Waals surface area contributed by atoms with Crippen molar-refractivity contribution in [1.29, 1.82) is 0 Å². The first-order valence-corrected chi connectivity index (χ1v) is 11.6. The van der Waals surface area contributed by atoms with E-state index in [0.717, 1.165) is 16.8 Å².